The molecule has 0 spiro atoms. The van der Waals surface area contributed by atoms with Crippen molar-refractivity contribution in [2.75, 3.05) is 0 Å². The number of rotatable bonds is 4. The number of hydrogen-bond acceptors (Lipinski definition) is 2. The molecular formula is C15H11ClF2O3. The monoisotopic (exact) mass is 312 g/mol. The zero-order chi connectivity index (χ0) is 15.6. The Labute approximate surface area is 124 Å². The maximum Gasteiger partial charge on any atom is 0.335 e. The minimum absolute atomic E-state index is 0.220. The van der Waals surface area contributed by atoms with Gasteiger partial charge in [-0.2, -0.15) is 0 Å². The van der Waals surface area contributed by atoms with E-state index in [2.05, 4.69) is 0 Å². The Morgan fingerprint density at radius 1 is 1.24 bits per heavy atom. The smallest absolute Gasteiger partial charge is 0.335 e. The van der Waals surface area contributed by atoms with Crippen LogP contribution < -0.4 is 4.74 Å². The van der Waals surface area contributed by atoms with Gasteiger partial charge in [-0.3, -0.25) is 0 Å². The highest BCUT2D eigenvalue weighted by Gasteiger charge is 2.17. The van der Waals surface area contributed by atoms with E-state index in [1.807, 2.05) is 6.92 Å². The van der Waals surface area contributed by atoms with Crippen LogP contribution in [-0.2, 0) is 6.42 Å². The Morgan fingerprint density at radius 2 is 1.86 bits per heavy atom. The predicted octanol–water partition coefficient (Wildman–Crippen LogP) is 4.67. The van der Waals surface area contributed by atoms with Gasteiger partial charge in [-0.1, -0.05) is 18.5 Å². The average molecular weight is 313 g/mol. The second kappa shape index (κ2) is 6.10. The summed E-state index contributed by atoms with van der Waals surface area (Å²) < 4.78 is 32.7. The van der Waals surface area contributed by atoms with Gasteiger partial charge in [0.05, 0.1) is 5.56 Å². The summed E-state index contributed by atoms with van der Waals surface area (Å²) in [5.74, 6) is -4.01. The summed E-state index contributed by atoms with van der Waals surface area (Å²) in [7, 11) is 0. The molecule has 0 radical (unpaired) electrons. The quantitative estimate of drug-likeness (QED) is 0.892. The van der Waals surface area contributed by atoms with Crippen LogP contribution in [-0.4, -0.2) is 11.1 Å². The second-order valence-corrected chi connectivity index (χ2v) is 4.69. The number of aryl methyl sites for hydroxylation is 1. The molecule has 110 valence electrons. The lowest BCUT2D eigenvalue weighted by Gasteiger charge is -2.10. The molecule has 0 fully saturated rings. The highest BCUT2D eigenvalue weighted by molar-refractivity contribution is 6.31. The van der Waals surface area contributed by atoms with E-state index < -0.39 is 28.9 Å². The van der Waals surface area contributed by atoms with Gasteiger partial charge in [-0.15, -0.1) is 0 Å². The number of benzene rings is 2. The fourth-order valence-electron chi connectivity index (χ4n) is 1.78. The van der Waals surface area contributed by atoms with Gasteiger partial charge in [-0.25, -0.2) is 13.6 Å². The molecule has 0 saturated carbocycles. The number of halogens is 3. The molecule has 2 aromatic carbocycles. The third kappa shape index (κ3) is 3.31. The van der Waals surface area contributed by atoms with E-state index in [0.717, 1.165) is 5.56 Å². The lowest BCUT2D eigenvalue weighted by molar-refractivity contribution is 0.0695. The van der Waals surface area contributed by atoms with Crippen molar-refractivity contribution in [1.29, 1.82) is 0 Å². The molecule has 2 rings (SSSR count). The van der Waals surface area contributed by atoms with Crippen LogP contribution in [0.2, 0.25) is 5.02 Å². The van der Waals surface area contributed by atoms with Crippen LogP contribution in [0.4, 0.5) is 8.78 Å². The van der Waals surface area contributed by atoms with E-state index in [0.29, 0.717) is 23.6 Å². The fourth-order valence-corrected chi connectivity index (χ4v) is 2.04. The molecule has 0 saturated heterocycles. The van der Waals surface area contributed by atoms with E-state index in [1.54, 1.807) is 12.1 Å². The van der Waals surface area contributed by atoms with Gasteiger partial charge in [0, 0.05) is 5.02 Å². The Hall–Kier alpha value is -2.14. The minimum Gasteiger partial charge on any atom is -0.478 e. The topological polar surface area (TPSA) is 46.5 Å². The van der Waals surface area contributed by atoms with Gasteiger partial charge in [0.1, 0.15) is 5.75 Å². The normalized spacial score (nSPS) is 10.5. The molecule has 2 aromatic rings. The molecule has 0 atom stereocenters. The fraction of sp³-hybridized carbons (Fsp3) is 0.133. The van der Waals surface area contributed by atoms with Crippen molar-refractivity contribution in [3.05, 3.63) is 58.1 Å². The van der Waals surface area contributed by atoms with Crippen LogP contribution in [0.1, 0.15) is 22.8 Å². The zero-order valence-corrected chi connectivity index (χ0v) is 11.7. The van der Waals surface area contributed by atoms with Gasteiger partial charge < -0.3 is 9.84 Å². The van der Waals surface area contributed by atoms with Crippen molar-refractivity contribution in [3.8, 4) is 11.5 Å². The molecule has 6 heteroatoms. The number of ether oxygens (including phenoxy) is 1. The summed E-state index contributed by atoms with van der Waals surface area (Å²) in [4.78, 5) is 10.7. The van der Waals surface area contributed by atoms with Crippen LogP contribution in [0.5, 0.6) is 11.5 Å². The van der Waals surface area contributed by atoms with Crippen LogP contribution in [0.25, 0.3) is 0 Å². The highest BCUT2D eigenvalue weighted by atomic mass is 35.5. The van der Waals surface area contributed by atoms with Crippen molar-refractivity contribution in [1.82, 2.24) is 0 Å². The molecule has 0 aliphatic rings. The average Bonchev–Trinajstić information content (AvgIpc) is 2.44. The van der Waals surface area contributed by atoms with Gasteiger partial charge >= 0.3 is 5.97 Å². The molecule has 0 heterocycles. The standard InChI is InChI=1S/C15H11ClF2O3/c1-2-8-5-10(3-4-11(8)16)21-14-12(17)6-9(15(19)20)7-13(14)18/h3-7H,2H2,1H3,(H,19,20). The summed E-state index contributed by atoms with van der Waals surface area (Å²) in [6.07, 6.45) is 0.638. The predicted molar refractivity (Wildman–Crippen MR) is 74.2 cm³/mol. The lowest BCUT2D eigenvalue weighted by Crippen LogP contribution is -2.01. The number of carbonyl (C=O) groups is 1. The number of carboxylic acid groups (broad SMARTS) is 1. The van der Waals surface area contributed by atoms with E-state index in [1.165, 1.54) is 6.07 Å². The Morgan fingerprint density at radius 3 is 2.38 bits per heavy atom. The zero-order valence-electron chi connectivity index (χ0n) is 11.0. The molecular weight excluding hydrogens is 302 g/mol. The third-order valence-corrected chi connectivity index (χ3v) is 3.23. The van der Waals surface area contributed by atoms with Crippen LogP contribution in [0.3, 0.4) is 0 Å². The van der Waals surface area contributed by atoms with Crippen molar-refractivity contribution in [2.24, 2.45) is 0 Å². The second-order valence-electron chi connectivity index (χ2n) is 4.28. The Kier molecular flexibility index (Phi) is 4.43. The van der Waals surface area contributed by atoms with E-state index in [-0.39, 0.29) is 5.75 Å². The van der Waals surface area contributed by atoms with Gasteiger partial charge in [0.2, 0.25) is 0 Å². The van der Waals surface area contributed by atoms with Crippen molar-refractivity contribution in [2.45, 2.75) is 13.3 Å². The molecule has 0 aromatic heterocycles. The molecule has 0 bridgehead atoms. The van der Waals surface area contributed by atoms with Crippen LogP contribution >= 0.6 is 11.6 Å². The lowest BCUT2D eigenvalue weighted by atomic mass is 10.1. The first-order chi connectivity index (χ1) is 9.92. The van der Waals surface area contributed by atoms with Gasteiger partial charge in [0.25, 0.3) is 0 Å². The van der Waals surface area contributed by atoms with E-state index >= 15 is 0 Å². The summed E-state index contributed by atoms with van der Waals surface area (Å²) >= 11 is 5.95. The number of carboxylic acids is 1. The minimum atomic E-state index is -1.42. The molecule has 21 heavy (non-hydrogen) atoms. The third-order valence-electron chi connectivity index (χ3n) is 2.86. The molecule has 0 aliphatic carbocycles. The largest absolute Gasteiger partial charge is 0.478 e. The van der Waals surface area contributed by atoms with Crippen molar-refractivity contribution in [3.63, 3.8) is 0 Å². The Balaban J connectivity index is 2.38. The molecule has 0 unspecified atom stereocenters. The van der Waals surface area contributed by atoms with E-state index in [9.17, 15) is 13.6 Å². The first-order valence-electron chi connectivity index (χ1n) is 6.11. The molecule has 3 nitrogen and oxygen atoms in total. The Bertz CT molecular complexity index is 678. The van der Waals surface area contributed by atoms with E-state index in [4.69, 9.17) is 21.4 Å². The molecule has 1 N–H and O–H groups in total. The molecule has 0 amide bonds. The van der Waals surface area contributed by atoms with Crippen LogP contribution in [0, 0.1) is 11.6 Å². The number of aromatic carboxylic acids is 1. The summed E-state index contributed by atoms with van der Waals surface area (Å²) in [6, 6.07) is 6.03. The van der Waals surface area contributed by atoms with Crippen molar-refractivity contribution >= 4 is 17.6 Å². The summed E-state index contributed by atoms with van der Waals surface area (Å²) in [5.41, 5.74) is 0.292. The first-order valence-corrected chi connectivity index (χ1v) is 6.48. The number of hydrogen-bond donors (Lipinski definition) is 1. The maximum atomic E-state index is 13.8. The molecule has 0 aliphatic heterocycles. The SMILES string of the molecule is CCc1cc(Oc2c(F)cc(C(=O)O)cc2F)ccc1Cl. The van der Waals surface area contributed by atoms with Crippen molar-refractivity contribution < 1.29 is 23.4 Å². The first kappa shape index (κ1) is 15.3. The van der Waals surface area contributed by atoms with Gasteiger partial charge in [-0.05, 0) is 42.3 Å². The summed E-state index contributed by atoms with van der Waals surface area (Å²) in [6.45, 7) is 1.88. The maximum absolute atomic E-state index is 13.8. The van der Waals surface area contributed by atoms with Gasteiger partial charge in [0.15, 0.2) is 17.4 Å². The summed E-state index contributed by atoms with van der Waals surface area (Å²) in [5, 5.41) is 9.26. The highest BCUT2D eigenvalue weighted by Crippen LogP contribution is 2.31. The van der Waals surface area contributed by atoms with Crippen LogP contribution in [0.15, 0.2) is 30.3 Å².